The van der Waals surface area contributed by atoms with Crippen molar-refractivity contribution >= 4 is 35.1 Å². The van der Waals surface area contributed by atoms with Crippen LogP contribution in [0.2, 0.25) is 0 Å². The van der Waals surface area contributed by atoms with Crippen molar-refractivity contribution < 1.29 is 9.59 Å². The Kier molecular flexibility index (Phi) is 22.6. The smallest absolute Gasteiger partial charge is 0.271 e. The normalized spacial score (nSPS) is 7.12. The molecule has 25 heavy (non-hydrogen) atoms. The lowest BCUT2D eigenvalue weighted by molar-refractivity contribution is -0.116. The molecule has 0 aliphatic heterocycles. The van der Waals surface area contributed by atoms with E-state index in [-0.39, 0.29) is 36.0 Å². The van der Waals surface area contributed by atoms with E-state index in [0.717, 1.165) is 6.29 Å². The first-order valence-corrected chi connectivity index (χ1v) is 6.74. The van der Waals surface area contributed by atoms with Crippen LogP contribution in [0.15, 0.2) is 4.79 Å². The lowest BCUT2D eigenvalue weighted by Crippen LogP contribution is -2.18. The van der Waals surface area contributed by atoms with E-state index in [2.05, 4.69) is 38.5 Å². The van der Waals surface area contributed by atoms with Gasteiger partial charge in [0.25, 0.3) is 11.2 Å². The Labute approximate surface area is 152 Å². The summed E-state index contributed by atoms with van der Waals surface area (Å²) in [5.74, 6) is 0.470. The van der Waals surface area contributed by atoms with Crippen molar-refractivity contribution in [3.63, 3.8) is 0 Å². The molecule has 1 rings (SSSR count). The molecule has 0 atom stereocenters. The number of aryl methyl sites for hydroxylation is 2. The predicted octanol–water partition coefficient (Wildman–Crippen LogP) is 1.46. The second kappa shape index (κ2) is 18.9. The summed E-state index contributed by atoms with van der Waals surface area (Å²) in [4.78, 5) is 39.0. The summed E-state index contributed by atoms with van der Waals surface area (Å²) in [5.41, 5.74) is 9.45. The van der Waals surface area contributed by atoms with Crippen LogP contribution < -0.4 is 17.0 Å². The number of Topliss-reactive ketones (excluding diaryl/α,β-unsaturated/α-hetero) is 1. The standard InChI is InChI=1S/C7H7N3O.C4H5NO.C2H4O.CH4N2S.CH4/c1-4-6(8-3)7(11)10-5(2)9-4;1-4(6)2-3-5;1-2-3;2-1(3)4;/h1-2H3,(H,9,10,11);2H2,1H3;2H,1H3;(H4,2,3,4);1H4. The third kappa shape index (κ3) is 23.3. The highest BCUT2D eigenvalue weighted by Crippen LogP contribution is 2.07. The molecule has 0 spiro atoms. The molecule has 1 aromatic heterocycles. The van der Waals surface area contributed by atoms with E-state index in [9.17, 15) is 9.59 Å². The van der Waals surface area contributed by atoms with Crippen LogP contribution in [0, 0.1) is 31.8 Å². The fraction of sp³-hybridized carbons (Fsp3) is 0.400. The molecule has 1 aromatic rings. The number of aromatic nitrogens is 2. The average Bonchev–Trinajstić information content (AvgIpc) is 2.38. The van der Waals surface area contributed by atoms with Gasteiger partial charge in [-0.05, 0) is 39.9 Å². The Morgan fingerprint density at radius 1 is 1.48 bits per heavy atom. The van der Waals surface area contributed by atoms with Crippen molar-refractivity contribution in [2.75, 3.05) is 0 Å². The number of hydrogen-bond donors (Lipinski definition) is 3. The summed E-state index contributed by atoms with van der Waals surface area (Å²) in [7, 11) is 0. The maximum atomic E-state index is 11.0. The zero-order valence-electron chi connectivity index (χ0n) is 13.9. The van der Waals surface area contributed by atoms with Crippen molar-refractivity contribution in [1.29, 1.82) is 5.26 Å². The van der Waals surface area contributed by atoms with Gasteiger partial charge in [0, 0.05) is 0 Å². The van der Waals surface area contributed by atoms with E-state index < -0.39 is 0 Å². The number of hydrogen-bond acceptors (Lipinski definition) is 6. The van der Waals surface area contributed by atoms with Gasteiger partial charge in [0.05, 0.1) is 24.8 Å². The van der Waals surface area contributed by atoms with E-state index in [1.165, 1.54) is 13.8 Å². The number of rotatable bonds is 1. The Bertz CT molecular complexity index is 682. The van der Waals surface area contributed by atoms with Crippen molar-refractivity contribution in [2.24, 2.45) is 11.5 Å². The summed E-state index contributed by atoms with van der Waals surface area (Å²) in [6, 6.07) is 1.72. The summed E-state index contributed by atoms with van der Waals surface area (Å²) < 4.78 is 0. The van der Waals surface area contributed by atoms with Crippen LogP contribution >= 0.6 is 12.2 Å². The molecule has 5 N–H and O–H groups in total. The number of nitrogens with one attached hydrogen (secondary N) is 1. The van der Waals surface area contributed by atoms with Crippen LogP contribution in [-0.2, 0) is 9.59 Å². The SMILES string of the molecule is C.CC(=O)CC#N.CC=O.NC(N)=S.[C-]#[N+]c1c(C)nc(C)[nH]c1=O. The number of ketones is 1. The van der Waals surface area contributed by atoms with Gasteiger partial charge in [0.15, 0.2) is 5.11 Å². The third-order valence-corrected chi connectivity index (χ3v) is 1.63. The van der Waals surface area contributed by atoms with Crippen LogP contribution in [-0.4, -0.2) is 27.1 Å². The Morgan fingerprint density at radius 3 is 2.08 bits per heavy atom. The fourth-order valence-corrected chi connectivity index (χ4v) is 0.963. The first kappa shape index (κ1) is 29.8. The molecule has 0 unspecified atom stereocenters. The van der Waals surface area contributed by atoms with E-state index in [1.807, 2.05) is 0 Å². The number of carbonyl (C=O) groups excluding carboxylic acids is 2. The molecule has 0 bridgehead atoms. The van der Waals surface area contributed by atoms with Crippen LogP contribution in [0.1, 0.15) is 39.2 Å². The third-order valence-electron chi connectivity index (χ3n) is 1.63. The summed E-state index contributed by atoms with van der Waals surface area (Å²) in [6.07, 6.45) is 0.792. The van der Waals surface area contributed by atoms with Gasteiger partial charge >= 0.3 is 0 Å². The molecule has 0 aliphatic carbocycles. The molecule has 10 heteroatoms. The number of carbonyl (C=O) groups is 2. The molecular weight excluding hydrogens is 344 g/mol. The maximum Gasteiger partial charge on any atom is 0.271 e. The quantitative estimate of drug-likeness (QED) is 0.381. The van der Waals surface area contributed by atoms with Gasteiger partial charge in [-0.1, -0.05) is 7.43 Å². The van der Waals surface area contributed by atoms with Crippen LogP contribution in [0.25, 0.3) is 4.85 Å². The second-order valence-electron chi connectivity index (χ2n) is 3.87. The Hall–Kier alpha value is -3.11. The minimum Gasteiger partial charge on any atom is -0.377 e. The van der Waals surface area contributed by atoms with E-state index in [0.29, 0.717) is 11.5 Å². The average molecular weight is 368 g/mol. The molecule has 0 saturated heterocycles. The van der Waals surface area contributed by atoms with Crippen LogP contribution in [0.5, 0.6) is 0 Å². The zero-order valence-corrected chi connectivity index (χ0v) is 14.7. The number of nitriles is 1. The van der Waals surface area contributed by atoms with Gasteiger partial charge in [-0.2, -0.15) is 5.26 Å². The molecule has 9 nitrogen and oxygen atoms in total. The van der Waals surface area contributed by atoms with Crippen molar-refractivity contribution in [2.45, 2.75) is 41.5 Å². The molecule has 0 aliphatic rings. The summed E-state index contributed by atoms with van der Waals surface area (Å²) in [6.45, 7) is 12.8. The number of nitrogens with two attached hydrogens (primary N) is 2. The predicted molar refractivity (Wildman–Crippen MR) is 101 cm³/mol. The summed E-state index contributed by atoms with van der Waals surface area (Å²) >= 11 is 4.09. The first-order valence-electron chi connectivity index (χ1n) is 6.33. The highest BCUT2D eigenvalue weighted by Gasteiger charge is 2.04. The molecule has 138 valence electrons. The maximum absolute atomic E-state index is 11.0. The van der Waals surface area contributed by atoms with Gasteiger partial charge in [-0.25, -0.2) is 4.85 Å². The van der Waals surface area contributed by atoms with Crippen molar-refractivity contribution in [1.82, 2.24) is 9.97 Å². The summed E-state index contributed by atoms with van der Waals surface area (Å²) in [5, 5.41) is 7.77. The number of H-pyrrole nitrogens is 1. The minimum absolute atomic E-state index is 0. The number of thiocarbonyl (C=S) groups is 1. The Morgan fingerprint density at radius 2 is 1.88 bits per heavy atom. The van der Waals surface area contributed by atoms with Gasteiger partial charge in [-0.15, -0.1) is 0 Å². The lowest BCUT2D eigenvalue weighted by atomic mass is 10.3. The zero-order chi connectivity index (χ0) is 19.7. The molecule has 0 saturated carbocycles. The Balaban J connectivity index is -0.000000135. The van der Waals surface area contributed by atoms with E-state index >= 15 is 0 Å². The number of nitrogens with zero attached hydrogens (tertiary/aromatic N) is 3. The van der Waals surface area contributed by atoms with Gasteiger partial charge in [-0.3, -0.25) is 14.6 Å². The van der Waals surface area contributed by atoms with Crippen molar-refractivity contribution in [3.8, 4) is 6.07 Å². The van der Waals surface area contributed by atoms with Gasteiger partial charge < -0.3 is 21.2 Å². The van der Waals surface area contributed by atoms with E-state index in [4.69, 9.17) is 16.6 Å². The monoisotopic (exact) mass is 368 g/mol. The molecule has 0 aromatic carbocycles. The van der Waals surface area contributed by atoms with Crippen LogP contribution in [0.4, 0.5) is 5.69 Å². The fourth-order valence-electron chi connectivity index (χ4n) is 0.963. The number of aromatic amines is 1. The molecular formula is C15H24N6O3S. The highest BCUT2D eigenvalue weighted by atomic mass is 32.1. The first-order chi connectivity index (χ1) is 11.1. The lowest BCUT2D eigenvalue weighted by Gasteiger charge is -1.95. The van der Waals surface area contributed by atoms with Gasteiger partial charge in [0.1, 0.15) is 17.9 Å². The van der Waals surface area contributed by atoms with Gasteiger partial charge in [0.2, 0.25) is 0 Å². The molecule has 1 heterocycles. The molecule has 0 fully saturated rings. The molecule has 0 amide bonds. The largest absolute Gasteiger partial charge is 0.377 e. The second-order valence-corrected chi connectivity index (χ2v) is 4.34. The van der Waals surface area contributed by atoms with E-state index in [1.54, 1.807) is 19.9 Å². The minimum atomic E-state index is -0.356. The topological polar surface area (TPSA) is 160 Å². The van der Waals surface area contributed by atoms with Crippen LogP contribution in [0.3, 0.4) is 0 Å². The molecule has 0 radical (unpaired) electrons. The van der Waals surface area contributed by atoms with Crippen molar-refractivity contribution in [3.05, 3.63) is 33.3 Å². The highest BCUT2D eigenvalue weighted by molar-refractivity contribution is 7.80. The number of aldehydes is 1.